The van der Waals surface area contributed by atoms with Gasteiger partial charge in [0.25, 0.3) is 0 Å². The highest BCUT2D eigenvalue weighted by Crippen LogP contribution is 2.30. The lowest BCUT2D eigenvalue weighted by atomic mass is 10.2. The maximum Gasteiger partial charge on any atom is 0.416 e. The molecule has 0 N–H and O–H groups in total. The molecule has 0 aliphatic carbocycles. The molecule has 15 heavy (non-hydrogen) atoms. The van der Waals surface area contributed by atoms with Crippen molar-refractivity contribution in [1.82, 2.24) is 0 Å². The molecule has 0 bridgehead atoms. The Balaban J connectivity index is 2.57. The van der Waals surface area contributed by atoms with E-state index in [1.54, 1.807) is 0 Å². The summed E-state index contributed by atoms with van der Waals surface area (Å²) in [6, 6.07) is 5.18. The molecule has 0 spiro atoms. The van der Waals surface area contributed by atoms with E-state index in [2.05, 4.69) is 0 Å². The number of halogens is 4. The highest BCUT2D eigenvalue weighted by atomic mass is 35.5. The van der Waals surface area contributed by atoms with Gasteiger partial charge in [-0.15, -0.1) is 23.4 Å². The van der Waals surface area contributed by atoms with Crippen molar-refractivity contribution >= 4 is 23.4 Å². The zero-order chi connectivity index (χ0) is 11.3. The van der Waals surface area contributed by atoms with Gasteiger partial charge in [-0.3, -0.25) is 0 Å². The lowest BCUT2D eigenvalue weighted by Gasteiger charge is -2.07. The van der Waals surface area contributed by atoms with Crippen molar-refractivity contribution in [3.63, 3.8) is 0 Å². The third kappa shape index (κ3) is 4.34. The van der Waals surface area contributed by atoms with E-state index >= 15 is 0 Å². The molecule has 0 heterocycles. The summed E-state index contributed by atoms with van der Waals surface area (Å²) in [6.45, 7) is 0. The van der Waals surface area contributed by atoms with Crippen LogP contribution < -0.4 is 0 Å². The summed E-state index contributed by atoms with van der Waals surface area (Å²) in [5.74, 6) is 1.41. The van der Waals surface area contributed by atoms with Crippen LogP contribution in [0.15, 0.2) is 29.2 Å². The first-order valence-corrected chi connectivity index (χ1v) is 5.92. The first kappa shape index (κ1) is 12.7. The van der Waals surface area contributed by atoms with Crippen molar-refractivity contribution in [2.24, 2.45) is 0 Å². The van der Waals surface area contributed by atoms with Crippen LogP contribution in [0.4, 0.5) is 13.2 Å². The summed E-state index contributed by atoms with van der Waals surface area (Å²) in [6.07, 6.45) is -3.40. The van der Waals surface area contributed by atoms with Crippen molar-refractivity contribution in [3.8, 4) is 0 Å². The number of alkyl halides is 4. The third-order valence-electron chi connectivity index (χ3n) is 1.73. The molecule has 0 atom stereocenters. The Morgan fingerprint density at radius 2 is 1.73 bits per heavy atom. The molecule has 1 rings (SSSR count). The van der Waals surface area contributed by atoms with Crippen LogP contribution in [0.1, 0.15) is 12.0 Å². The van der Waals surface area contributed by atoms with Crippen LogP contribution in [0.3, 0.4) is 0 Å². The Morgan fingerprint density at radius 1 is 1.13 bits per heavy atom. The molecule has 0 fully saturated rings. The van der Waals surface area contributed by atoms with Crippen LogP contribution in [0, 0.1) is 0 Å². The molecule has 0 amide bonds. The standard InChI is InChI=1S/C10H10ClF3S/c11-6-1-7-15-9-4-2-8(3-5-9)10(12,13)14/h2-5H,1,6-7H2. The molecule has 0 radical (unpaired) electrons. The molecule has 1 aromatic rings. The van der Waals surface area contributed by atoms with E-state index in [0.717, 1.165) is 29.2 Å². The van der Waals surface area contributed by atoms with Gasteiger partial charge in [-0.05, 0) is 36.4 Å². The highest BCUT2D eigenvalue weighted by molar-refractivity contribution is 7.99. The molecule has 1 aromatic carbocycles. The maximum absolute atomic E-state index is 12.2. The highest BCUT2D eigenvalue weighted by Gasteiger charge is 2.29. The van der Waals surface area contributed by atoms with Crippen LogP contribution in [-0.2, 0) is 6.18 Å². The quantitative estimate of drug-likeness (QED) is 0.435. The van der Waals surface area contributed by atoms with Crippen LogP contribution in [-0.4, -0.2) is 11.6 Å². The third-order valence-corrected chi connectivity index (χ3v) is 3.09. The zero-order valence-corrected chi connectivity index (χ0v) is 9.42. The number of hydrogen-bond donors (Lipinski definition) is 0. The van der Waals surface area contributed by atoms with Gasteiger partial charge >= 0.3 is 6.18 Å². The summed E-state index contributed by atoms with van der Waals surface area (Å²) >= 11 is 7.00. The summed E-state index contributed by atoms with van der Waals surface area (Å²) in [5.41, 5.74) is -0.607. The fourth-order valence-electron chi connectivity index (χ4n) is 0.985. The SMILES string of the molecule is FC(F)(F)c1ccc(SCCCCl)cc1. The average molecular weight is 255 g/mol. The number of benzene rings is 1. The van der Waals surface area contributed by atoms with E-state index < -0.39 is 11.7 Å². The van der Waals surface area contributed by atoms with Gasteiger partial charge in [0.1, 0.15) is 0 Å². The fraction of sp³-hybridized carbons (Fsp3) is 0.400. The Morgan fingerprint density at radius 3 is 2.20 bits per heavy atom. The van der Waals surface area contributed by atoms with Crippen molar-refractivity contribution < 1.29 is 13.2 Å². The van der Waals surface area contributed by atoms with Gasteiger partial charge in [0.15, 0.2) is 0 Å². The zero-order valence-electron chi connectivity index (χ0n) is 7.85. The summed E-state index contributed by atoms with van der Waals surface area (Å²) in [7, 11) is 0. The van der Waals surface area contributed by atoms with E-state index in [1.807, 2.05) is 0 Å². The average Bonchev–Trinajstić information content (AvgIpc) is 2.18. The monoisotopic (exact) mass is 254 g/mol. The minimum absolute atomic E-state index is 0.577. The molecule has 0 aliphatic rings. The minimum atomic E-state index is -4.25. The van der Waals surface area contributed by atoms with Gasteiger partial charge in [0.2, 0.25) is 0 Å². The largest absolute Gasteiger partial charge is 0.416 e. The molecule has 0 aliphatic heterocycles. The van der Waals surface area contributed by atoms with Crippen molar-refractivity contribution in [2.75, 3.05) is 11.6 Å². The topological polar surface area (TPSA) is 0 Å². The first-order valence-electron chi connectivity index (χ1n) is 4.40. The molecule has 0 unspecified atom stereocenters. The second kappa shape index (κ2) is 5.66. The second-order valence-electron chi connectivity index (χ2n) is 2.91. The number of thioether (sulfide) groups is 1. The van der Waals surface area contributed by atoms with Gasteiger partial charge in [-0.2, -0.15) is 13.2 Å². The molecular weight excluding hydrogens is 245 g/mol. The summed E-state index contributed by atoms with van der Waals surface area (Å²) < 4.78 is 36.6. The van der Waals surface area contributed by atoms with E-state index in [4.69, 9.17) is 11.6 Å². The van der Waals surface area contributed by atoms with E-state index in [-0.39, 0.29) is 0 Å². The number of rotatable bonds is 4. The van der Waals surface area contributed by atoms with Crippen LogP contribution in [0.5, 0.6) is 0 Å². The minimum Gasteiger partial charge on any atom is -0.166 e. The predicted octanol–water partition coefficient (Wildman–Crippen LogP) is 4.43. The van der Waals surface area contributed by atoms with Crippen molar-refractivity contribution in [1.29, 1.82) is 0 Å². The molecule has 84 valence electrons. The Bertz CT molecular complexity index is 295. The van der Waals surface area contributed by atoms with E-state index in [9.17, 15) is 13.2 Å². The van der Waals surface area contributed by atoms with Gasteiger partial charge in [0, 0.05) is 10.8 Å². The van der Waals surface area contributed by atoms with Crippen LogP contribution in [0.25, 0.3) is 0 Å². The molecular formula is C10H10ClF3S. The maximum atomic E-state index is 12.2. The second-order valence-corrected chi connectivity index (χ2v) is 4.46. The Hall–Kier alpha value is -0.350. The summed E-state index contributed by atoms with van der Waals surface area (Å²) in [5, 5.41) is 0. The van der Waals surface area contributed by atoms with Gasteiger partial charge in [-0.1, -0.05) is 0 Å². The molecule has 0 saturated heterocycles. The van der Waals surface area contributed by atoms with Crippen LogP contribution in [0.2, 0.25) is 0 Å². The number of hydrogen-bond acceptors (Lipinski definition) is 1. The van der Waals surface area contributed by atoms with E-state index in [1.165, 1.54) is 23.9 Å². The van der Waals surface area contributed by atoms with Crippen molar-refractivity contribution in [2.45, 2.75) is 17.5 Å². The van der Waals surface area contributed by atoms with E-state index in [0.29, 0.717) is 5.88 Å². The lowest BCUT2D eigenvalue weighted by molar-refractivity contribution is -0.137. The molecule has 0 aromatic heterocycles. The molecule has 0 nitrogen and oxygen atoms in total. The predicted molar refractivity (Wildman–Crippen MR) is 57.5 cm³/mol. The smallest absolute Gasteiger partial charge is 0.166 e. The lowest BCUT2D eigenvalue weighted by Crippen LogP contribution is -2.03. The summed E-state index contributed by atoms with van der Waals surface area (Å²) in [4.78, 5) is 0.841. The fourth-order valence-corrected chi connectivity index (χ4v) is 2.13. The Labute approximate surface area is 95.8 Å². The van der Waals surface area contributed by atoms with Crippen molar-refractivity contribution in [3.05, 3.63) is 29.8 Å². The normalized spacial score (nSPS) is 11.7. The van der Waals surface area contributed by atoms with Gasteiger partial charge in [0.05, 0.1) is 5.56 Å². The van der Waals surface area contributed by atoms with Gasteiger partial charge in [-0.25, -0.2) is 0 Å². The molecule has 5 heteroatoms. The Kier molecular flexibility index (Phi) is 4.80. The van der Waals surface area contributed by atoms with Gasteiger partial charge < -0.3 is 0 Å². The molecule has 0 saturated carbocycles. The van der Waals surface area contributed by atoms with Crippen LogP contribution >= 0.6 is 23.4 Å². The first-order chi connectivity index (χ1) is 7.04.